The summed E-state index contributed by atoms with van der Waals surface area (Å²) < 4.78 is 0. The van der Waals surface area contributed by atoms with Crippen molar-refractivity contribution in [2.75, 3.05) is 0 Å². The lowest BCUT2D eigenvalue weighted by Crippen LogP contribution is -2.40. The van der Waals surface area contributed by atoms with Crippen molar-refractivity contribution in [1.29, 1.82) is 0 Å². The average Bonchev–Trinajstić information content (AvgIpc) is 1.92. The molecule has 0 aromatic carbocycles. The largest absolute Gasteiger partial charge is 0.179 e. The second-order valence-electron chi connectivity index (χ2n) is 3.10. The maximum atomic E-state index is 4.58. The van der Waals surface area contributed by atoms with Gasteiger partial charge in [-0.25, -0.2) is 0 Å². The van der Waals surface area contributed by atoms with Crippen LogP contribution in [0.2, 0.25) is 18.1 Å². The van der Waals surface area contributed by atoms with Gasteiger partial charge in [0.25, 0.3) is 0 Å². The van der Waals surface area contributed by atoms with E-state index in [0.717, 1.165) is 0 Å². The van der Waals surface area contributed by atoms with Crippen LogP contribution in [0.3, 0.4) is 0 Å². The molecule has 0 saturated carbocycles. The van der Waals surface area contributed by atoms with E-state index in [1.165, 1.54) is 18.1 Å². The molecule has 10 heavy (non-hydrogen) atoms. The number of hydrogen-bond acceptors (Lipinski definition) is 1. The minimum Gasteiger partial charge on any atom is -0.179 e. The quantitative estimate of drug-likeness (QED) is 0.493. The molecule has 0 amide bonds. The highest BCUT2D eigenvalue weighted by Gasteiger charge is 2.30. The van der Waals surface area contributed by atoms with Crippen molar-refractivity contribution in [3.63, 3.8) is 0 Å². The minimum absolute atomic E-state index is 0.674. The van der Waals surface area contributed by atoms with Crippen molar-refractivity contribution in [2.45, 2.75) is 50.7 Å². The molecule has 0 heterocycles. The Morgan fingerprint density at radius 2 is 1.40 bits per heavy atom. The Morgan fingerprint density at radius 1 is 1.10 bits per heavy atom. The van der Waals surface area contributed by atoms with Crippen LogP contribution < -0.4 is 0 Å². The zero-order chi connectivity index (χ0) is 8.20. The first kappa shape index (κ1) is 10.6. The molecule has 1 unspecified atom stereocenters. The van der Waals surface area contributed by atoms with E-state index in [0.29, 0.717) is 4.87 Å². The van der Waals surface area contributed by atoms with E-state index in [1.807, 2.05) is 0 Å². The van der Waals surface area contributed by atoms with Gasteiger partial charge in [-0.3, -0.25) is 0 Å². The van der Waals surface area contributed by atoms with Crippen LogP contribution >= 0.6 is 12.6 Å². The van der Waals surface area contributed by atoms with Gasteiger partial charge in [-0.15, -0.1) is 0 Å². The van der Waals surface area contributed by atoms with Crippen LogP contribution in [-0.2, 0) is 0 Å². The van der Waals surface area contributed by atoms with Gasteiger partial charge in [0.1, 0.15) is 0 Å². The lowest BCUT2D eigenvalue weighted by Gasteiger charge is -2.31. The molecular formula is C8H20SSi. The van der Waals surface area contributed by atoms with Crippen molar-refractivity contribution in [3.05, 3.63) is 0 Å². The summed E-state index contributed by atoms with van der Waals surface area (Å²) in [5, 5.41) is 0. The van der Waals surface area contributed by atoms with E-state index >= 15 is 0 Å². The standard InChI is InChI=1S/C8H20SSi/c1-5-10(6-2,7-3)8(4)9/h8-9H,5-7H2,1-4H3. The fourth-order valence-corrected chi connectivity index (χ4v) is 6.55. The molecule has 0 N–H and O–H groups in total. The summed E-state index contributed by atoms with van der Waals surface area (Å²) in [5.41, 5.74) is 0. The van der Waals surface area contributed by atoms with Gasteiger partial charge < -0.3 is 0 Å². The molecule has 0 aliphatic rings. The van der Waals surface area contributed by atoms with Crippen LogP contribution in [0, 0.1) is 0 Å². The lowest BCUT2D eigenvalue weighted by molar-refractivity contribution is 1.09. The molecule has 0 spiro atoms. The maximum absolute atomic E-state index is 4.58. The van der Waals surface area contributed by atoms with Gasteiger partial charge in [0.2, 0.25) is 0 Å². The highest BCUT2D eigenvalue weighted by Crippen LogP contribution is 2.26. The van der Waals surface area contributed by atoms with Crippen molar-refractivity contribution >= 4 is 20.7 Å². The van der Waals surface area contributed by atoms with Crippen LogP contribution in [0.15, 0.2) is 0 Å². The number of hydrogen-bond donors (Lipinski definition) is 1. The second kappa shape index (κ2) is 4.45. The maximum Gasteiger partial charge on any atom is 0.0663 e. The molecule has 1 atom stereocenters. The molecule has 0 aromatic rings. The molecule has 0 rings (SSSR count). The molecule has 62 valence electrons. The molecule has 0 radical (unpaired) electrons. The summed E-state index contributed by atoms with van der Waals surface area (Å²) in [7, 11) is -0.931. The molecule has 0 fully saturated rings. The van der Waals surface area contributed by atoms with Gasteiger partial charge in [-0.1, -0.05) is 45.8 Å². The summed E-state index contributed by atoms with van der Waals surface area (Å²) in [6.07, 6.45) is 0. The molecule has 0 aromatic heterocycles. The molecule has 0 bridgehead atoms. The Hall–Kier alpha value is 0.567. The summed E-state index contributed by atoms with van der Waals surface area (Å²) in [6.45, 7) is 9.25. The lowest BCUT2D eigenvalue weighted by atomic mass is 10.9. The predicted octanol–water partition coefficient (Wildman–Crippen LogP) is 3.35. The van der Waals surface area contributed by atoms with Crippen LogP contribution in [-0.4, -0.2) is 12.9 Å². The third-order valence-corrected chi connectivity index (χ3v) is 10.6. The molecule has 0 aliphatic carbocycles. The molecule has 0 saturated heterocycles. The Balaban J connectivity index is 4.15. The van der Waals surface area contributed by atoms with Crippen LogP contribution in [0.1, 0.15) is 27.7 Å². The third-order valence-electron chi connectivity index (χ3n) is 3.00. The fraction of sp³-hybridized carbons (Fsp3) is 1.00. The van der Waals surface area contributed by atoms with Crippen LogP contribution in [0.5, 0.6) is 0 Å². The van der Waals surface area contributed by atoms with Gasteiger partial charge in [-0.2, -0.15) is 12.6 Å². The molecule has 2 heteroatoms. The van der Waals surface area contributed by atoms with Crippen molar-refractivity contribution in [2.24, 2.45) is 0 Å². The number of rotatable bonds is 4. The van der Waals surface area contributed by atoms with E-state index in [4.69, 9.17) is 0 Å². The smallest absolute Gasteiger partial charge is 0.0663 e. The summed E-state index contributed by atoms with van der Waals surface area (Å²) in [6, 6.07) is 4.18. The van der Waals surface area contributed by atoms with Crippen molar-refractivity contribution in [3.8, 4) is 0 Å². The van der Waals surface area contributed by atoms with Gasteiger partial charge in [-0.05, 0) is 4.87 Å². The summed E-state index contributed by atoms with van der Waals surface area (Å²) in [5.74, 6) is 0. The van der Waals surface area contributed by atoms with E-state index in [1.54, 1.807) is 0 Å². The zero-order valence-electron chi connectivity index (χ0n) is 7.65. The van der Waals surface area contributed by atoms with Gasteiger partial charge in [0.05, 0.1) is 8.07 Å². The molecule has 0 aliphatic heterocycles. The van der Waals surface area contributed by atoms with E-state index in [-0.39, 0.29) is 0 Å². The predicted molar refractivity (Wildman–Crippen MR) is 55.6 cm³/mol. The van der Waals surface area contributed by atoms with Crippen molar-refractivity contribution in [1.82, 2.24) is 0 Å². The monoisotopic (exact) mass is 176 g/mol. The Kier molecular flexibility index (Phi) is 4.70. The topological polar surface area (TPSA) is 0 Å². The Bertz CT molecular complexity index is 79.0. The van der Waals surface area contributed by atoms with Crippen LogP contribution in [0.4, 0.5) is 0 Å². The normalized spacial score (nSPS) is 15.3. The average molecular weight is 176 g/mol. The number of thiol groups is 1. The first-order chi connectivity index (χ1) is 4.63. The summed E-state index contributed by atoms with van der Waals surface area (Å²) >= 11 is 4.58. The first-order valence-corrected chi connectivity index (χ1v) is 7.52. The Labute approximate surface area is 71.8 Å². The SMILES string of the molecule is CC[Si](CC)(CC)C(C)S. The first-order valence-electron chi connectivity index (χ1n) is 4.31. The fourth-order valence-electron chi connectivity index (χ4n) is 1.64. The zero-order valence-corrected chi connectivity index (χ0v) is 9.54. The van der Waals surface area contributed by atoms with E-state index < -0.39 is 8.07 Å². The van der Waals surface area contributed by atoms with Crippen molar-refractivity contribution < 1.29 is 0 Å². The molecule has 0 nitrogen and oxygen atoms in total. The van der Waals surface area contributed by atoms with E-state index in [9.17, 15) is 0 Å². The van der Waals surface area contributed by atoms with Gasteiger partial charge in [0, 0.05) is 0 Å². The Morgan fingerprint density at radius 3 is 1.40 bits per heavy atom. The second-order valence-corrected chi connectivity index (χ2v) is 10.1. The third kappa shape index (κ3) is 2.02. The van der Waals surface area contributed by atoms with Gasteiger partial charge >= 0.3 is 0 Å². The minimum atomic E-state index is -0.931. The molecular weight excluding hydrogens is 156 g/mol. The highest BCUT2D eigenvalue weighted by molar-refractivity contribution is 7.83. The van der Waals surface area contributed by atoms with E-state index in [2.05, 4.69) is 40.3 Å². The highest BCUT2D eigenvalue weighted by atomic mass is 32.1. The van der Waals surface area contributed by atoms with Gasteiger partial charge in [0.15, 0.2) is 0 Å². The van der Waals surface area contributed by atoms with Crippen LogP contribution in [0.25, 0.3) is 0 Å². The summed E-state index contributed by atoms with van der Waals surface area (Å²) in [4.78, 5) is 0.674.